The van der Waals surface area contributed by atoms with Crippen LogP contribution >= 0.6 is 0 Å². The van der Waals surface area contributed by atoms with Gasteiger partial charge >= 0.3 is 24.1 Å². The Balaban J connectivity index is 3.46. The molecule has 1 saturated carbocycles. The van der Waals surface area contributed by atoms with Gasteiger partial charge in [-0.05, 0) is 54.5 Å². The Kier molecular flexibility index (Phi) is 7.29. The molecule has 0 aromatic heterocycles. The highest BCUT2D eigenvalue weighted by Gasteiger charge is 2.80. The summed E-state index contributed by atoms with van der Waals surface area (Å²) in [6.07, 6.45) is -1.65. The summed E-state index contributed by atoms with van der Waals surface area (Å²) in [5, 5.41) is 0. The number of nitrogens with zero attached hydrogens (tertiary/aromatic N) is 1. The van der Waals surface area contributed by atoms with E-state index in [9.17, 15) is 19.2 Å². The van der Waals surface area contributed by atoms with Gasteiger partial charge in [0.15, 0.2) is 11.2 Å². The van der Waals surface area contributed by atoms with E-state index >= 15 is 4.39 Å². The first kappa shape index (κ1) is 25.4. The topological polar surface area (TPSA) is 108 Å². The Morgan fingerprint density at radius 3 is 1.83 bits per heavy atom. The molecule has 0 bridgehead atoms. The van der Waals surface area contributed by atoms with Gasteiger partial charge in [-0.1, -0.05) is 0 Å². The van der Waals surface area contributed by atoms with Crippen LogP contribution in [-0.4, -0.2) is 65.2 Å². The van der Waals surface area contributed by atoms with Crippen molar-refractivity contribution >= 4 is 24.1 Å². The van der Waals surface area contributed by atoms with Gasteiger partial charge in [-0.3, -0.25) is 0 Å². The maximum absolute atomic E-state index is 15.6. The zero-order chi connectivity index (χ0) is 23.5. The molecule has 1 rings (SSSR count). The molecule has 0 unspecified atom stereocenters. The number of methoxy groups -OCH3 is 1. The van der Waals surface area contributed by atoms with Gasteiger partial charge in [0.05, 0.1) is 13.7 Å². The Bertz CT molecular complexity index is 708. The fraction of sp³-hybridized carbons (Fsp3) is 0.700. The lowest BCUT2D eigenvalue weighted by atomic mass is 10.1. The van der Waals surface area contributed by atoms with Crippen molar-refractivity contribution in [2.45, 2.75) is 77.3 Å². The summed E-state index contributed by atoms with van der Waals surface area (Å²) >= 11 is 0. The number of rotatable bonds is 5. The number of imide groups is 1. The summed E-state index contributed by atoms with van der Waals surface area (Å²) in [7, 11) is 0.986. The first-order valence-corrected chi connectivity index (χ1v) is 9.42. The molecule has 1 fully saturated rings. The lowest BCUT2D eigenvalue weighted by Gasteiger charge is -2.33. The highest BCUT2D eigenvalue weighted by Crippen LogP contribution is 2.58. The number of carbonyl (C=O) groups excluding carboxylic acids is 4. The second-order valence-corrected chi connectivity index (χ2v) is 8.77. The molecule has 1 aliphatic carbocycles. The third-order valence-electron chi connectivity index (χ3n) is 3.90. The van der Waals surface area contributed by atoms with Crippen molar-refractivity contribution in [3.05, 3.63) is 12.2 Å². The second kappa shape index (κ2) is 8.61. The molecule has 30 heavy (non-hydrogen) atoms. The number of hydrogen-bond acceptors (Lipinski definition) is 8. The van der Waals surface area contributed by atoms with Crippen LogP contribution in [0.3, 0.4) is 0 Å². The van der Waals surface area contributed by atoms with Crippen LogP contribution in [0.1, 0.15) is 54.9 Å². The quantitative estimate of drug-likeness (QED) is 0.371. The molecule has 170 valence electrons. The number of esters is 2. The van der Waals surface area contributed by atoms with Gasteiger partial charge in [-0.2, -0.15) is 4.90 Å². The summed E-state index contributed by atoms with van der Waals surface area (Å²) in [6, 6.07) is 0. The average Bonchev–Trinajstić information content (AvgIpc) is 3.16. The minimum absolute atomic E-state index is 0.0620. The maximum atomic E-state index is 15.6. The van der Waals surface area contributed by atoms with E-state index in [0.717, 1.165) is 19.3 Å². The molecule has 9 nitrogen and oxygen atoms in total. The van der Waals surface area contributed by atoms with Gasteiger partial charge in [-0.25, -0.2) is 23.6 Å². The van der Waals surface area contributed by atoms with Gasteiger partial charge in [0.2, 0.25) is 0 Å². The van der Waals surface area contributed by atoms with E-state index in [-0.39, 0.29) is 11.5 Å². The molecule has 0 spiro atoms. The van der Waals surface area contributed by atoms with Crippen molar-refractivity contribution in [2.24, 2.45) is 0 Å². The molecule has 1 aliphatic rings. The zero-order valence-corrected chi connectivity index (χ0v) is 18.7. The predicted octanol–water partition coefficient (Wildman–Crippen LogP) is 3.30. The normalized spacial score (nSPS) is 23.5. The van der Waals surface area contributed by atoms with E-state index in [2.05, 4.69) is 4.74 Å². The molecule has 0 N–H and O–H groups in total. The molecule has 0 aliphatic heterocycles. The van der Waals surface area contributed by atoms with E-state index in [0.29, 0.717) is 0 Å². The standard InChI is InChI=1S/C20H30FNO8/c1-9-28-13(23)10-11-19(21)12-20(19,14(24)27-8)22(15(25)29-17(2,3)4)16(26)30-18(5,6)7/h10-11H,9,12H2,1-8H3/t19-,20+/m0/s1. The molecule has 0 radical (unpaired) electrons. The summed E-state index contributed by atoms with van der Waals surface area (Å²) < 4.78 is 35.4. The highest BCUT2D eigenvalue weighted by atomic mass is 19.1. The van der Waals surface area contributed by atoms with Crippen LogP contribution < -0.4 is 0 Å². The molecule has 0 aromatic carbocycles. The van der Waals surface area contributed by atoms with Crippen LogP contribution in [0.15, 0.2) is 12.2 Å². The fourth-order valence-electron chi connectivity index (χ4n) is 2.68. The number of alkyl halides is 1. The molecular weight excluding hydrogens is 401 g/mol. The third kappa shape index (κ3) is 5.70. The van der Waals surface area contributed by atoms with Crippen molar-refractivity contribution in [1.29, 1.82) is 0 Å². The monoisotopic (exact) mass is 431 g/mol. The Morgan fingerprint density at radius 2 is 1.47 bits per heavy atom. The van der Waals surface area contributed by atoms with Crippen LogP contribution in [0, 0.1) is 0 Å². The van der Waals surface area contributed by atoms with Crippen molar-refractivity contribution < 1.29 is 42.5 Å². The molecule has 0 aromatic rings. The zero-order valence-electron chi connectivity index (χ0n) is 18.7. The van der Waals surface area contributed by atoms with Crippen LogP contribution in [0.25, 0.3) is 0 Å². The van der Waals surface area contributed by atoms with Crippen molar-refractivity contribution in [3.8, 4) is 0 Å². The van der Waals surface area contributed by atoms with Crippen LogP contribution in [-0.2, 0) is 28.5 Å². The van der Waals surface area contributed by atoms with Gasteiger partial charge in [0, 0.05) is 12.5 Å². The molecule has 0 saturated heterocycles. The van der Waals surface area contributed by atoms with Crippen molar-refractivity contribution in [2.75, 3.05) is 13.7 Å². The summed E-state index contributed by atoms with van der Waals surface area (Å²) in [5.41, 5.74) is -7.08. The summed E-state index contributed by atoms with van der Waals surface area (Å²) in [6.45, 7) is 10.9. The number of ether oxygens (including phenoxy) is 4. The second-order valence-electron chi connectivity index (χ2n) is 8.77. The highest BCUT2D eigenvalue weighted by molar-refractivity contribution is 6.01. The van der Waals surface area contributed by atoms with E-state index in [4.69, 9.17) is 14.2 Å². The number of carbonyl (C=O) groups is 4. The van der Waals surface area contributed by atoms with Gasteiger partial charge in [-0.15, -0.1) is 0 Å². The SMILES string of the molecule is CCOC(=O)C=C[C@]1(F)C[C@]1(C(=O)OC)N(C(=O)OC(C)(C)C)C(=O)OC(C)(C)C. The van der Waals surface area contributed by atoms with Crippen LogP contribution in [0.2, 0.25) is 0 Å². The van der Waals surface area contributed by atoms with E-state index in [1.54, 1.807) is 48.5 Å². The number of hydrogen-bond donors (Lipinski definition) is 0. The van der Waals surface area contributed by atoms with E-state index < -0.39 is 53.0 Å². The molecule has 10 heteroatoms. The fourth-order valence-corrected chi connectivity index (χ4v) is 2.68. The Morgan fingerprint density at radius 1 is 1.00 bits per heavy atom. The first-order chi connectivity index (χ1) is 13.5. The largest absolute Gasteiger partial charge is 0.467 e. The molecular formula is C20H30FNO8. The predicted molar refractivity (Wildman–Crippen MR) is 103 cm³/mol. The molecule has 2 atom stereocenters. The Hall–Kier alpha value is -2.65. The van der Waals surface area contributed by atoms with Gasteiger partial charge in [0.1, 0.15) is 11.2 Å². The molecule has 2 amide bonds. The number of halogens is 1. The lowest BCUT2D eigenvalue weighted by molar-refractivity contribution is -0.150. The van der Waals surface area contributed by atoms with Crippen molar-refractivity contribution in [3.63, 3.8) is 0 Å². The van der Waals surface area contributed by atoms with Crippen LogP contribution in [0.5, 0.6) is 0 Å². The summed E-state index contributed by atoms with van der Waals surface area (Å²) in [4.78, 5) is 50.1. The lowest BCUT2D eigenvalue weighted by Crippen LogP contribution is -2.57. The smallest absolute Gasteiger partial charge is 0.421 e. The van der Waals surface area contributed by atoms with Crippen molar-refractivity contribution in [1.82, 2.24) is 4.90 Å². The minimum atomic E-state index is -2.58. The third-order valence-corrected chi connectivity index (χ3v) is 3.90. The Labute approximate surface area is 175 Å². The number of amides is 2. The van der Waals surface area contributed by atoms with Gasteiger partial charge in [0.25, 0.3) is 0 Å². The van der Waals surface area contributed by atoms with E-state index in [1.165, 1.54) is 0 Å². The minimum Gasteiger partial charge on any atom is -0.467 e. The van der Waals surface area contributed by atoms with Gasteiger partial charge < -0.3 is 18.9 Å². The maximum Gasteiger partial charge on any atom is 0.421 e. The summed E-state index contributed by atoms with van der Waals surface area (Å²) in [5.74, 6) is -2.04. The average molecular weight is 431 g/mol. The van der Waals surface area contributed by atoms with E-state index in [1.807, 2.05) is 0 Å². The first-order valence-electron chi connectivity index (χ1n) is 9.42. The van der Waals surface area contributed by atoms with Crippen LogP contribution in [0.4, 0.5) is 14.0 Å². The molecule has 0 heterocycles.